The van der Waals surface area contributed by atoms with Crippen LogP contribution in [0, 0.1) is 6.92 Å². The van der Waals surface area contributed by atoms with Crippen molar-refractivity contribution in [2.45, 2.75) is 25.2 Å². The van der Waals surface area contributed by atoms with Crippen LogP contribution in [0.3, 0.4) is 0 Å². The minimum atomic E-state index is 0.272. The van der Waals surface area contributed by atoms with Gasteiger partial charge >= 0.3 is 0 Å². The SMILES string of the molecule is Cc1cnc(C23CCN(CC2)C3)o1. The molecule has 1 aromatic rings. The Bertz CT molecular complexity index is 323. The number of nitrogens with zero attached hydrogens (tertiary/aromatic N) is 2. The Balaban J connectivity index is 2.00. The highest BCUT2D eigenvalue weighted by Crippen LogP contribution is 2.42. The average Bonchev–Trinajstić information content (AvgIpc) is 2.77. The summed E-state index contributed by atoms with van der Waals surface area (Å²) in [6.45, 7) is 5.57. The molecule has 3 heterocycles. The molecule has 0 N–H and O–H groups in total. The van der Waals surface area contributed by atoms with Crippen molar-refractivity contribution >= 4 is 0 Å². The van der Waals surface area contributed by atoms with E-state index in [0.717, 1.165) is 18.2 Å². The van der Waals surface area contributed by atoms with Gasteiger partial charge in [-0.2, -0.15) is 0 Å². The number of hydrogen-bond donors (Lipinski definition) is 0. The number of rotatable bonds is 1. The summed E-state index contributed by atoms with van der Waals surface area (Å²) in [5.41, 5.74) is 0.272. The second-order valence-electron chi connectivity index (χ2n) is 4.33. The molecule has 2 aliphatic heterocycles. The highest BCUT2D eigenvalue weighted by atomic mass is 16.4. The van der Waals surface area contributed by atoms with Crippen LogP contribution in [-0.2, 0) is 5.41 Å². The van der Waals surface area contributed by atoms with E-state index < -0.39 is 0 Å². The van der Waals surface area contributed by atoms with Crippen LogP contribution in [0.5, 0.6) is 0 Å². The monoisotopic (exact) mass is 178 g/mol. The van der Waals surface area contributed by atoms with E-state index in [1.807, 2.05) is 13.1 Å². The van der Waals surface area contributed by atoms with Gasteiger partial charge in [0.15, 0.2) is 0 Å². The number of hydrogen-bond acceptors (Lipinski definition) is 3. The van der Waals surface area contributed by atoms with Crippen molar-refractivity contribution in [1.82, 2.24) is 9.88 Å². The van der Waals surface area contributed by atoms with Crippen molar-refractivity contribution < 1.29 is 4.42 Å². The van der Waals surface area contributed by atoms with Gasteiger partial charge in [0.05, 0.1) is 11.6 Å². The topological polar surface area (TPSA) is 29.3 Å². The van der Waals surface area contributed by atoms with Gasteiger partial charge in [-0.05, 0) is 32.9 Å². The van der Waals surface area contributed by atoms with E-state index in [-0.39, 0.29) is 5.41 Å². The highest BCUT2D eigenvalue weighted by Gasteiger charge is 2.48. The molecule has 0 atom stereocenters. The van der Waals surface area contributed by atoms with Crippen molar-refractivity contribution in [3.8, 4) is 0 Å². The Labute approximate surface area is 77.7 Å². The van der Waals surface area contributed by atoms with E-state index in [0.29, 0.717) is 0 Å². The fourth-order valence-electron chi connectivity index (χ4n) is 2.61. The lowest BCUT2D eigenvalue weighted by molar-refractivity contribution is 0.329. The van der Waals surface area contributed by atoms with Gasteiger partial charge < -0.3 is 9.32 Å². The second kappa shape index (κ2) is 2.35. The maximum Gasteiger partial charge on any atom is 0.201 e. The molecular weight excluding hydrogens is 164 g/mol. The molecule has 3 rings (SSSR count). The minimum Gasteiger partial charge on any atom is -0.445 e. The molecule has 1 aromatic heterocycles. The molecule has 2 saturated heterocycles. The van der Waals surface area contributed by atoms with Crippen molar-refractivity contribution in [2.75, 3.05) is 19.6 Å². The zero-order chi connectivity index (χ0) is 8.89. The fourth-order valence-corrected chi connectivity index (χ4v) is 2.61. The average molecular weight is 178 g/mol. The van der Waals surface area contributed by atoms with Gasteiger partial charge in [-0.25, -0.2) is 4.98 Å². The maximum atomic E-state index is 5.65. The van der Waals surface area contributed by atoms with Crippen LogP contribution >= 0.6 is 0 Å². The third-order valence-electron chi connectivity index (χ3n) is 3.41. The smallest absolute Gasteiger partial charge is 0.201 e. The summed E-state index contributed by atoms with van der Waals surface area (Å²) >= 11 is 0. The van der Waals surface area contributed by atoms with E-state index in [9.17, 15) is 0 Å². The predicted octanol–water partition coefficient (Wildman–Crippen LogP) is 1.33. The van der Waals surface area contributed by atoms with Gasteiger partial charge in [0.25, 0.3) is 0 Å². The van der Waals surface area contributed by atoms with E-state index in [2.05, 4.69) is 9.88 Å². The van der Waals surface area contributed by atoms with Crippen molar-refractivity contribution in [2.24, 2.45) is 0 Å². The molecule has 0 amide bonds. The first-order valence-electron chi connectivity index (χ1n) is 4.94. The zero-order valence-electron chi connectivity index (χ0n) is 7.92. The fraction of sp³-hybridized carbons (Fsp3) is 0.700. The summed E-state index contributed by atoms with van der Waals surface area (Å²) < 4.78 is 5.65. The quantitative estimate of drug-likeness (QED) is 0.649. The second-order valence-corrected chi connectivity index (χ2v) is 4.33. The first-order chi connectivity index (χ1) is 6.28. The number of aromatic nitrogens is 1. The number of piperidine rings is 1. The van der Waals surface area contributed by atoms with Crippen LogP contribution < -0.4 is 0 Å². The largest absolute Gasteiger partial charge is 0.445 e. The molecule has 0 saturated carbocycles. The van der Waals surface area contributed by atoms with Crippen LogP contribution in [-0.4, -0.2) is 29.5 Å². The molecule has 70 valence electrons. The van der Waals surface area contributed by atoms with Crippen molar-refractivity contribution in [1.29, 1.82) is 0 Å². The molecule has 0 aliphatic carbocycles. The molecular formula is C10H14N2O. The van der Waals surface area contributed by atoms with Crippen LogP contribution in [0.1, 0.15) is 24.5 Å². The van der Waals surface area contributed by atoms with Crippen LogP contribution in [0.25, 0.3) is 0 Å². The van der Waals surface area contributed by atoms with Gasteiger partial charge in [0, 0.05) is 6.54 Å². The normalized spacial score (nSPS) is 37.2. The van der Waals surface area contributed by atoms with Gasteiger partial charge in [-0.15, -0.1) is 0 Å². The summed E-state index contributed by atoms with van der Waals surface area (Å²) in [7, 11) is 0. The van der Waals surface area contributed by atoms with Crippen LogP contribution in [0.4, 0.5) is 0 Å². The summed E-state index contributed by atoms with van der Waals surface area (Å²) in [5.74, 6) is 1.92. The summed E-state index contributed by atoms with van der Waals surface area (Å²) in [6, 6.07) is 0. The summed E-state index contributed by atoms with van der Waals surface area (Å²) in [4.78, 5) is 6.87. The predicted molar refractivity (Wildman–Crippen MR) is 48.6 cm³/mol. The lowest BCUT2D eigenvalue weighted by atomic mass is 9.85. The van der Waals surface area contributed by atoms with Gasteiger partial charge in [0.2, 0.25) is 5.89 Å². The van der Waals surface area contributed by atoms with Gasteiger partial charge in [0.1, 0.15) is 5.76 Å². The summed E-state index contributed by atoms with van der Waals surface area (Å²) in [5, 5.41) is 0. The number of oxazole rings is 1. The third kappa shape index (κ3) is 0.967. The highest BCUT2D eigenvalue weighted by molar-refractivity contribution is 5.15. The Morgan fingerprint density at radius 1 is 1.46 bits per heavy atom. The van der Waals surface area contributed by atoms with E-state index in [1.165, 1.54) is 25.9 Å². The van der Waals surface area contributed by atoms with Crippen LogP contribution in [0.2, 0.25) is 0 Å². The lowest BCUT2D eigenvalue weighted by Crippen LogP contribution is -2.24. The Morgan fingerprint density at radius 3 is 2.69 bits per heavy atom. The van der Waals surface area contributed by atoms with E-state index >= 15 is 0 Å². The van der Waals surface area contributed by atoms with Crippen molar-refractivity contribution in [3.05, 3.63) is 17.8 Å². The van der Waals surface area contributed by atoms with Crippen LogP contribution in [0.15, 0.2) is 10.6 Å². The lowest BCUT2D eigenvalue weighted by Gasteiger charge is -2.20. The van der Waals surface area contributed by atoms with E-state index in [1.54, 1.807) is 0 Å². The molecule has 13 heavy (non-hydrogen) atoms. The summed E-state index contributed by atoms with van der Waals surface area (Å²) in [6.07, 6.45) is 4.30. The first-order valence-corrected chi connectivity index (χ1v) is 4.94. The van der Waals surface area contributed by atoms with Gasteiger partial charge in [-0.3, -0.25) is 0 Å². The standard InChI is InChI=1S/C10H14N2O/c1-8-6-11-9(13-8)10-2-4-12(7-10)5-3-10/h6H,2-5,7H2,1H3. The molecule has 0 unspecified atom stereocenters. The molecule has 0 spiro atoms. The molecule has 2 fully saturated rings. The Kier molecular flexibility index (Phi) is 1.37. The molecule has 3 nitrogen and oxygen atoms in total. The molecule has 0 radical (unpaired) electrons. The first kappa shape index (κ1) is 7.56. The van der Waals surface area contributed by atoms with Gasteiger partial charge in [-0.1, -0.05) is 0 Å². The Hall–Kier alpha value is -0.830. The number of aryl methyl sites for hydroxylation is 1. The maximum absolute atomic E-state index is 5.65. The molecule has 0 aromatic carbocycles. The molecule has 2 aliphatic rings. The van der Waals surface area contributed by atoms with E-state index in [4.69, 9.17) is 4.42 Å². The van der Waals surface area contributed by atoms with Crippen molar-refractivity contribution in [3.63, 3.8) is 0 Å². The molecule has 3 heteroatoms. The minimum absolute atomic E-state index is 0.272. The third-order valence-corrected chi connectivity index (χ3v) is 3.41. The zero-order valence-corrected chi connectivity index (χ0v) is 7.92. The molecule has 2 bridgehead atoms. The number of fused-ring (bicyclic) bond motifs is 2. The Morgan fingerprint density at radius 2 is 2.23 bits per heavy atom.